The average molecular weight is 277 g/mol. The second-order valence-electron chi connectivity index (χ2n) is 4.86. The van der Waals surface area contributed by atoms with E-state index in [9.17, 15) is 9.59 Å². The fourth-order valence-corrected chi connectivity index (χ4v) is 2.27. The number of rotatable bonds is 6. The first-order valence-electron chi connectivity index (χ1n) is 6.65. The van der Waals surface area contributed by atoms with Gasteiger partial charge in [0.1, 0.15) is 0 Å². The highest BCUT2D eigenvalue weighted by atomic mass is 16.5. The van der Waals surface area contributed by atoms with E-state index >= 15 is 0 Å². The molecule has 5 heteroatoms. The molecule has 1 saturated heterocycles. The lowest BCUT2D eigenvalue weighted by Crippen LogP contribution is -2.42. The predicted octanol–water partition coefficient (Wildman–Crippen LogP) is 0.576. The van der Waals surface area contributed by atoms with Gasteiger partial charge in [-0.05, 0) is 5.56 Å². The van der Waals surface area contributed by atoms with Gasteiger partial charge in [0, 0.05) is 12.5 Å². The Bertz CT molecular complexity index is 460. The van der Waals surface area contributed by atoms with Crippen LogP contribution in [0.15, 0.2) is 30.3 Å². The molecule has 1 aromatic carbocycles. The average Bonchev–Trinajstić information content (AvgIpc) is 2.94. The van der Waals surface area contributed by atoms with Gasteiger partial charge in [0.05, 0.1) is 32.8 Å². The van der Waals surface area contributed by atoms with Gasteiger partial charge in [-0.1, -0.05) is 30.3 Å². The summed E-state index contributed by atoms with van der Waals surface area (Å²) in [6.45, 7) is 1.01. The molecule has 1 heterocycles. The van der Waals surface area contributed by atoms with Gasteiger partial charge in [-0.25, -0.2) is 0 Å². The van der Waals surface area contributed by atoms with E-state index in [0.29, 0.717) is 19.6 Å². The Balaban J connectivity index is 1.80. The lowest BCUT2D eigenvalue weighted by Gasteiger charge is -2.16. The number of hydrogen-bond donors (Lipinski definition) is 1. The molecule has 2 unspecified atom stereocenters. The number of hydrogen-bond acceptors (Lipinski definition) is 5. The predicted molar refractivity (Wildman–Crippen MR) is 73.3 cm³/mol. The fourth-order valence-electron chi connectivity index (χ4n) is 2.27. The molecule has 5 nitrogen and oxygen atoms in total. The van der Waals surface area contributed by atoms with Crippen LogP contribution in [-0.4, -0.2) is 44.7 Å². The summed E-state index contributed by atoms with van der Waals surface area (Å²) in [5.74, 6) is -0.535. The monoisotopic (exact) mass is 277 g/mol. The van der Waals surface area contributed by atoms with E-state index in [1.165, 1.54) is 7.11 Å². The van der Waals surface area contributed by atoms with Crippen LogP contribution in [0.4, 0.5) is 0 Å². The number of benzene rings is 1. The molecular formula is C15H19NO4. The summed E-state index contributed by atoms with van der Waals surface area (Å²) in [6.07, 6.45) is 0.393. The van der Waals surface area contributed by atoms with Gasteiger partial charge in [0.2, 0.25) is 0 Å². The van der Waals surface area contributed by atoms with Crippen molar-refractivity contribution in [3.05, 3.63) is 35.9 Å². The smallest absolute Gasteiger partial charge is 0.312 e. The molecule has 2 rings (SSSR count). The molecule has 1 N–H and O–H groups in total. The molecule has 2 atom stereocenters. The van der Waals surface area contributed by atoms with E-state index in [1.54, 1.807) is 0 Å². The fraction of sp³-hybridized carbons (Fsp3) is 0.467. The number of carbonyl (C=O) groups excluding carboxylic acids is 2. The Morgan fingerprint density at radius 1 is 1.30 bits per heavy atom. The zero-order chi connectivity index (χ0) is 14.4. The number of ether oxygens (including phenoxy) is 2. The third-order valence-corrected chi connectivity index (χ3v) is 3.39. The van der Waals surface area contributed by atoms with Crippen molar-refractivity contribution >= 4 is 11.8 Å². The summed E-state index contributed by atoms with van der Waals surface area (Å²) < 4.78 is 9.99. The van der Waals surface area contributed by atoms with Crippen molar-refractivity contribution in [1.82, 2.24) is 5.32 Å². The van der Waals surface area contributed by atoms with Crippen molar-refractivity contribution in [2.45, 2.75) is 12.5 Å². The second kappa shape index (κ2) is 7.17. The Morgan fingerprint density at radius 2 is 2.05 bits per heavy atom. The Hall–Kier alpha value is -1.72. The van der Waals surface area contributed by atoms with Gasteiger partial charge in [-0.3, -0.25) is 9.59 Å². The maximum Gasteiger partial charge on any atom is 0.312 e. The third-order valence-electron chi connectivity index (χ3n) is 3.39. The molecule has 0 aromatic heterocycles. The van der Waals surface area contributed by atoms with Crippen LogP contribution in [0, 0.1) is 5.92 Å². The first-order chi connectivity index (χ1) is 9.70. The lowest BCUT2D eigenvalue weighted by molar-refractivity contribution is -0.146. The van der Waals surface area contributed by atoms with E-state index in [4.69, 9.17) is 9.47 Å². The van der Waals surface area contributed by atoms with Crippen molar-refractivity contribution in [2.24, 2.45) is 5.92 Å². The second-order valence-corrected chi connectivity index (χ2v) is 4.86. The minimum Gasteiger partial charge on any atom is -0.469 e. The zero-order valence-electron chi connectivity index (χ0n) is 11.5. The molecule has 0 spiro atoms. The number of esters is 1. The highest BCUT2D eigenvalue weighted by molar-refractivity contribution is 5.83. The Morgan fingerprint density at radius 3 is 2.75 bits per heavy atom. The van der Waals surface area contributed by atoms with Crippen LogP contribution in [-0.2, 0) is 25.5 Å². The first-order valence-corrected chi connectivity index (χ1v) is 6.65. The standard InChI is InChI=1S/C15H19NO4/c1-19-15(18)13-9-20-10-14(13)16-8-12(17)7-11-5-3-2-4-6-11/h2-6,13-14,16H,7-10H2,1H3. The number of nitrogens with one attached hydrogen (secondary N) is 1. The number of methoxy groups -OCH3 is 1. The number of Topliss-reactive ketones (excluding diaryl/α,β-unsaturated/α-hetero) is 1. The van der Waals surface area contributed by atoms with Gasteiger partial charge in [0.15, 0.2) is 5.78 Å². The zero-order valence-corrected chi connectivity index (χ0v) is 11.5. The molecule has 0 saturated carbocycles. The van der Waals surface area contributed by atoms with Gasteiger partial charge in [0.25, 0.3) is 0 Å². The van der Waals surface area contributed by atoms with Crippen LogP contribution in [0.2, 0.25) is 0 Å². The SMILES string of the molecule is COC(=O)C1COCC1NCC(=O)Cc1ccccc1. The van der Waals surface area contributed by atoms with Crippen LogP contribution < -0.4 is 5.32 Å². The van der Waals surface area contributed by atoms with Crippen LogP contribution in [0.3, 0.4) is 0 Å². The Labute approximate surface area is 118 Å². The van der Waals surface area contributed by atoms with Crippen molar-refractivity contribution in [2.75, 3.05) is 26.9 Å². The maximum atomic E-state index is 11.9. The van der Waals surface area contributed by atoms with Gasteiger partial charge in [-0.2, -0.15) is 0 Å². The molecule has 1 aliphatic rings. The summed E-state index contributed by atoms with van der Waals surface area (Å²) >= 11 is 0. The highest BCUT2D eigenvalue weighted by Crippen LogP contribution is 2.15. The molecule has 0 bridgehead atoms. The molecule has 0 amide bonds. The highest BCUT2D eigenvalue weighted by Gasteiger charge is 2.34. The van der Waals surface area contributed by atoms with Gasteiger partial charge in [-0.15, -0.1) is 0 Å². The largest absolute Gasteiger partial charge is 0.469 e. The number of carbonyl (C=O) groups is 2. The summed E-state index contributed by atoms with van der Waals surface area (Å²) in [7, 11) is 1.36. The lowest BCUT2D eigenvalue weighted by atomic mass is 10.0. The molecule has 20 heavy (non-hydrogen) atoms. The Kier molecular flexibility index (Phi) is 5.26. The van der Waals surface area contributed by atoms with E-state index in [-0.39, 0.29) is 30.3 Å². The van der Waals surface area contributed by atoms with Gasteiger partial charge >= 0.3 is 5.97 Å². The summed E-state index contributed by atoms with van der Waals surface area (Å²) in [6, 6.07) is 9.44. The van der Waals surface area contributed by atoms with E-state index in [1.807, 2.05) is 30.3 Å². The summed E-state index contributed by atoms with van der Waals surface area (Å²) in [5.41, 5.74) is 0.992. The van der Waals surface area contributed by atoms with Crippen molar-refractivity contribution in [3.8, 4) is 0 Å². The molecule has 0 aliphatic carbocycles. The van der Waals surface area contributed by atoms with Crippen molar-refractivity contribution in [1.29, 1.82) is 0 Å². The minimum atomic E-state index is -0.329. The van der Waals surface area contributed by atoms with Crippen LogP contribution in [0.1, 0.15) is 5.56 Å². The molecule has 1 aromatic rings. The van der Waals surface area contributed by atoms with Crippen molar-refractivity contribution < 1.29 is 19.1 Å². The van der Waals surface area contributed by atoms with Crippen LogP contribution in [0.25, 0.3) is 0 Å². The van der Waals surface area contributed by atoms with E-state index in [2.05, 4.69) is 5.32 Å². The van der Waals surface area contributed by atoms with Gasteiger partial charge < -0.3 is 14.8 Å². The normalized spacial score (nSPS) is 21.6. The maximum absolute atomic E-state index is 11.9. The molecular weight excluding hydrogens is 258 g/mol. The van der Waals surface area contributed by atoms with Crippen LogP contribution in [0.5, 0.6) is 0 Å². The topological polar surface area (TPSA) is 64.6 Å². The molecule has 1 fully saturated rings. The molecule has 0 radical (unpaired) electrons. The molecule has 1 aliphatic heterocycles. The first kappa shape index (κ1) is 14.7. The van der Waals surface area contributed by atoms with Crippen molar-refractivity contribution in [3.63, 3.8) is 0 Å². The minimum absolute atomic E-state index is 0.0896. The molecule has 108 valence electrons. The van der Waals surface area contributed by atoms with Crippen LogP contribution >= 0.6 is 0 Å². The number of ketones is 1. The van der Waals surface area contributed by atoms with E-state index < -0.39 is 0 Å². The quantitative estimate of drug-likeness (QED) is 0.770. The third kappa shape index (κ3) is 3.88. The summed E-state index contributed by atoms with van der Waals surface area (Å²) in [4.78, 5) is 23.4. The van der Waals surface area contributed by atoms with E-state index in [0.717, 1.165) is 5.56 Å². The summed E-state index contributed by atoms with van der Waals surface area (Å²) in [5, 5.41) is 3.09.